The van der Waals surface area contributed by atoms with Gasteiger partial charge in [-0.05, 0) is 59.3 Å². The third-order valence-electron chi connectivity index (χ3n) is 4.44. The van der Waals surface area contributed by atoms with Gasteiger partial charge in [0.2, 0.25) is 0 Å². The minimum atomic E-state index is -0.0471. The van der Waals surface area contributed by atoms with Crippen molar-refractivity contribution in [3.05, 3.63) is 0 Å². The summed E-state index contributed by atoms with van der Waals surface area (Å²) in [7, 11) is 0. The minimum absolute atomic E-state index is 0.0471. The molecule has 2 aliphatic rings. The molecule has 2 saturated heterocycles. The summed E-state index contributed by atoms with van der Waals surface area (Å²) in [6, 6.07) is 0. The van der Waals surface area contributed by atoms with Gasteiger partial charge in [-0.3, -0.25) is 4.99 Å². The normalized spacial score (nSPS) is 22.4. The molecular weight excluding hydrogens is 290 g/mol. The molecule has 2 aliphatic heterocycles. The van der Waals surface area contributed by atoms with Crippen LogP contribution in [0.5, 0.6) is 0 Å². The Bertz CT molecular complexity index is 365. The highest BCUT2D eigenvalue weighted by Crippen LogP contribution is 2.20. The maximum atomic E-state index is 6.12. The Morgan fingerprint density at radius 2 is 1.83 bits per heavy atom. The summed E-state index contributed by atoms with van der Waals surface area (Å²) in [6.07, 6.45) is 4.83. The van der Waals surface area contributed by atoms with Crippen LogP contribution in [0.1, 0.15) is 53.4 Å². The molecule has 0 aliphatic carbocycles. The first-order valence-electron chi connectivity index (χ1n) is 9.26. The molecule has 134 valence electrons. The van der Waals surface area contributed by atoms with Gasteiger partial charge in [0, 0.05) is 39.4 Å². The fourth-order valence-corrected chi connectivity index (χ4v) is 3.26. The van der Waals surface area contributed by atoms with E-state index >= 15 is 0 Å². The molecule has 0 aromatic heterocycles. The zero-order valence-corrected chi connectivity index (χ0v) is 15.4. The molecular formula is C18H35N3O2. The van der Waals surface area contributed by atoms with Crippen molar-refractivity contribution in [1.82, 2.24) is 10.2 Å². The van der Waals surface area contributed by atoms with Crippen LogP contribution in [0.25, 0.3) is 0 Å². The predicted octanol–water partition coefficient (Wildman–Crippen LogP) is 2.66. The summed E-state index contributed by atoms with van der Waals surface area (Å²) in [5.41, 5.74) is -0.0471. The highest BCUT2D eigenvalue weighted by molar-refractivity contribution is 5.80. The molecule has 0 atom stereocenters. The van der Waals surface area contributed by atoms with Crippen molar-refractivity contribution < 1.29 is 9.47 Å². The van der Waals surface area contributed by atoms with Gasteiger partial charge in [0.15, 0.2) is 5.96 Å². The minimum Gasteiger partial charge on any atom is -0.381 e. The number of rotatable bonds is 4. The maximum absolute atomic E-state index is 6.12. The topological polar surface area (TPSA) is 46.1 Å². The van der Waals surface area contributed by atoms with Gasteiger partial charge in [-0.1, -0.05) is 0 Å². The maximum Gasteiger partial charge on any atom is 0.193 e. The molecule has 0 aromatic carbocycles. The van der Waals surface area contributed by atoms with E-state index in [1.165, 1.54) is 0 Å². The summed E-state index contributed by atoms with van der Waals surface area (Å²) in [6.45, 7) is 14.2. The summed E-state index contributed by atoms with van der Waals surface area (Å²) in [4.78, 5) is 7.29. The molecule has 2 fully saturated rings. The number of piperidine rings is 1. The average molecular weight is 325 g/mol. The number of hydrogen-bond donors (Lipinski definition) is 1. The Balaban J connectivity index is 1.83. The van der Waals surface area contributed by atoms with Gasteiger partial charge < -0.3 is 19.7 Å². The second-order valence-electron chi connectivity index (χ2n) is 7.67. The zero-order valence-electron chi connectivity index (χ0n) is 15.4. The van der Waals surface area contributed by atoms with E-state index in [1.54, 1.807) is 0 Å². The zero-order chi connectivity index (χ0) is 16.7. The number of guanidine groups is 1. The molecule has 2 rings (SSSR count). The molecule has 0 amide bonds. The van der Waals surface area contributed by atoms with Crippen LogP contribution in [0.3, 0.4) is 0 Å². The lowest BCUT2D eigenvalue weighted by Gasteiger charge is -2.37. The van der Waals surface area contributed by atoms with Gasteiger partial charge in [0.05, 0.1) is 11.7 Å². The fraction of sp³-hybridized carbons (Fsp3) is 0.944. The van der Waals surface area contributed by atoms with Crippen molar-refractivity contribution in [2.75, 3.05) is 39.4 Å². The van der Waals surface area contributed by atoms with Crippen LogP contribution in [0, 0.1) is 5.92 Å². The molecule has 2 heterocycles. The summed E-state index contributed by atoms with van der Waals surface area (Å²) < 4.78 is 11.6. The lowest BCUT2D eigenvalue weighted by Crippen LogP contribution is -2.48. The van der Waals surface area contributed by atoms with E-state index < -0.39 is 0 Å². The molecule has 0 radical (unpaired) electrons. The predicted molar refractivity (Wildman–Crippen MR) is 95.0 cm³/mol. The van der Waals surface area contributed by atoms with Crippen molar-refractivity contribution in [1.29, 1.82) is 0 Å². The third-order valence-corrected chi connectivity index (χ3v) is 4.44. The number of aliphatic imine (C=N–C) groups is 1. The van der Waals surface area contributed by atoms with E-state index in [2.05, 4.69) is 37.9 Å². The van der Waals surface area contributed by atoms with Gasteiger partial charge in [-0.2, -0.15) is 0 Å². The van der Waals surface area contributed by atoms with E-state index in [0.717, 1.165) is 71.0 Å². The second-order valence-corrected chi connectivity index (χ2v) is 7.67. The molecule has 5 nitrogen and oxygen atoms in total. The molecule has 0 bridgehead atoms. The quantitative estimate of drug-likeness (QED) is 0.638. The van der Waals surface area contributed by atoms with Crippen LogP contribution < -0.4 is 5.32 Å². The smallest absolute Gasteiger partial charge is 0.193 e. The van der Waals surface area contributed by atoms with Crippen LogP contribution >= 0.6 is 0 Å². The number of hydrogen-bond acceptors (Lipinski definition) is 3. The van der Waals surface area contributed by atoms with E-state index in [1.807, 2.05) is 0 Å². The Kier molecular flexibility index (Phi) is 7.15. The highest BCUT2D eigenvalue weighted by atomic mass is 16.5. The van der Waals surface area contributed by atoms with E-state index in [9.17, 15) is 0 Å². The molecule has 0 aromatic rings. The van der Waals surface area contributed by atoms with Gasteiger partial charge in [-0.15, -0.1) is 0 Å². The monoisotopic (exact) mass is 325 g/mol. The molecule has 0 unspecified atom stereocenters. The average Bonchev–Trinajstić information content (AvgIpc) is 2.52. The molecule has 23 heavy (non-hydrogen) atoms. The van der Waals surface area contributed by atoms with Crippen LogP contribution in [-0.4, -0.2) is 62.0 Å². The summed E-state index contributed by atoms with van der Waals surface area (Å²) in [5, 5.41) is 3.46. The van der Waals surface area contributed by atoms with E-state index in [4.69, 9.17) is 14.5 Å². The van der Waals surface area contributed by atoms with Crippen molar-refractivity contribution in [3.8, 4) is 0 Å². The van der Waals surface area contributed by atoms with Crippen molar-refractivity contribution in [3.63, 3.8) is 0 Å². The summed E-state index contributed by atoms with van der Waals surface area (Å²) >= 11 is 0. The lowest BCUT2D eigenvalue weighted by molar-refractivity contribution is -0.0772. The standard InChI is InChI=1S/C18H35N3O2/c1-5-19-17(20-14-15-8-12-22-13-9-15)21-10-6-16(7-11-21)23-18(2,3)4/h15-16H,5-14H2,1-4H3,(H,19,20). The highest BCUT2D eigenvalue weighted by Gasteiger charge is 2.25. The second kappa shape index (κ2) is 8.88. The Labute approximate surface area is 141 Å². The number of nitrogens with zero attached hydrogens (tertiary/aromatic N) is 2. The van der Waals surface area contributed by atoms with Crippen LogP contribution in [-0.2, 0) is 9.47 Å². The van der Waals surface area contributed by atoms with E-state index in [-0.39, 0.29) is 5.60 Å². The fourth-order valence-electron chi connectivity index (χ4n) is 3.26. The van der Waals surface area contributed by atoms with Gasteiger partial charge >= 0.3 is 0 Å². The van der Waals surface area contributed by atoms with Crippen molar-refractivity contribution >= 4 is 5.96 Å². The Morgan fingerprint density at radius 3 is 2.39 bits per heavy atom. The molecule has 0 spiro atoms. The van der Waals surface area contributed by atoms with Crippen molar-refractivity contribution in [2.45, 2.75) is 65.1 Å². The van der Waals surface area contributed by atoms with Crippen LogP contribution in [0.15, 0.2) is 4.99 Å². The van der Waals surface area contributed by atoms with Gasteiger partial charge in [0.1, 0.15) is 0 Å². The molecule has 0 saturated carbocycles. The van der Waals surface area contributed by atoms with Crippen LogP contribution in [0.2, 0.25) is 0 Å². The van der Waals surface area contributed by atoms with Gasteiger partial charge in [-0.25, -0.2) is 0 Å². The van der Waals surface area contributed by atoms with E-state index in [0.29, 0.717) is 12.0 Å². The SMILES string of the molecule is CCNC(=NCC1CCOCC1)N1CCC(OC(C)(C)C)CC1. The lowest BCUT2D eigenvalue weighted by atomic mass is 10.0. The first-order valence-corrected chi connectivity index (χ1v) is 9.26. The summed E-state index contributed by atoms with van der Waals surface area (Å²) in [5.74, 6) is 1.76. The Hall–Kier alpha value is -0.810. The van der Waals surface area contributed by atoms with Gasteiger partial charge in [0.25, 0.3) is 0 Å². The largest absolute Gasteiger partial charge is 0.381 e. The van der Waals surface area contributed by atoms with Crippen molar-refractivity contribution in [2.24, 2.45) is 10.9 Å². The first kappa shape index (κ1) is 18.5. The first-order chi connectivity index (χ1) is 11.0. The molecule has 5 heteroatoms. The third kappa shape index (κ3) is 6.68. The molecule has 1 N–H and O–H groups in total. The number of nitrogens with one attached hydrogen (secondary N) is 1. The number of ether oxygens (including phenoxy) is 2. The Morgan fingerprint density at radius 1 is 1.17 bits per heavy atom. The number of likely N-dealkylation sites (tertiary alicyclic amines) is 1. The van der Waals surface area contributed by atoms with Crippen LogP contribution in [0.4, 0.5) is 0 Å².